The van der Waals surface area contributed by atoms with E-state index >= 15 is 0 Å². The minimum Gasteiger partial charge on any atom is -0.330 e. The summed E-state index contributed by atoms with van der Waals surface area (Å²) in [6.45, 7) is 3.80. The molecule has 3 N–H and O–H groups in total. The third-order valence-electron chi connectivity index (χ3n) is 3.67. The molecule has 0 aliphatic rings. The van der Waals surface area contributed by atoms with E-state index in [1.807, 2.05) is 42.6 Å². The van der Waals surface area contributed by atoms with Gasteiger partial charge < -0.3 is 10.6 Å². The minimum atomic E-state index is -0.503. The molecule has 2 atom stereocenters. The molecule has 0 aliphatic heterocycles. The molecule has 0 saturated heterocycles. The molecule has 0 spiro atoms. The van der Waals surface area contributed by atoms with Gasteiger partial charge in [-0.05, 0) is 19.9 Å². The molecule has 6 heteroatoms. The Morgan fingerprint density at radius 3 is 2.35 bits per heavy atom. The van der Waals surface area contributed by atoms with Crippen LogP contribution in [0.2, 0.25) is 0 Å². The van der Waals surface area contributed by atoms with E-state index in [9.17, 15) is 14.9 Å². The van der Waals surface area contributed by atoms with Crippen molar-refractivity contribution in [3.05, 3.63) is 70.3 Å². The van der Waals surface area contributed by atoms with Gasteiger partial charge in [0.05, 0.1) is 4.92 Å². The van der Waals surface area contributed by atoms with Crippen molar-refractivity contribution in [1.82, 2.24) is 0 Å². The smallest absolute Gasteiger partial charge is 0.292 e. The number of carbonyl (C=O) groups excluding carboxylic acids is 1. The molecule has 2 aromatic carbocycles. The maximum Gasteiger partial charge on any atom is 0.292 e. The Hall–Kier alpha value is -2.73. The first-order chi connectivity index (χ1) is 11.0. The molecule has 0 heterocycles. The van der Waals surface area contributed by atoms with Gasteiger partial charge in [-0.25, -0.2) is 0 Å². The molecule has 0 radical (unpaired) electrons. The van der Waals surface area contributed by atoms with Gasteiger partial charge in [-0.2, -0.15) is 0 Å². The third kappa shape index (κ3) is 4.37. The minimum absolute atomic E-state index is 0.107. The molecular formula is C17H20N3O3+. The number of benzene rings is 2. The Bertz CT molecular complexity index is 688. The fourth-order valence-electron chi connectivity index (χ4n) is 2.37. The number of carbonyl (C=O) groups is 1. The van der Waals surface area contributed by atoms with Crippen molar-refractivity contribution in [2.45, 2.75) is 25.9 Å². The number of nitro benzene ring substituents is 1. The van der Waals surface area contributed by atoms with E-state index in [4.69, 9.17) is 0 Å². The van der Waals surface area contributed by atoms with E-state index in [-0.39, 0.29) is 29.4 Å². The number of nitro groups is 1. The number of nitrogens with two attached hydrogens (primary N) is 1. The summed E-state index contributed by atoms with van der Waals surface area (Å²) in [7, 11) is 0. The van der Waals surface area contributed by atoms with Crippen LogP contribution in [0, 0.1) is 10.1 Å². The van der Waals surface area contributed by atoms with Crippen LogP contribution in [0.4, 0.5) is 11.4 Å². The molecule has 120 valence electrons. The molecule has 0 aliphatic carbocycles. The van der Waals surface area contributed by atoms with Gasteiger partial charge in [0, 0.05) is 11.6 Å². The van der Waals surface area contributed by atoms with Crippen LogP contribution in [0.25, 0.3) is 0 Å². The number of amides is 1. The van der Waals surface area contributed by atoms with Crippen LogP contribution in [-0.2, 0) is 4.79 Å². The molecule has 0 bridgehead atoms. The largest absolute Gasteiger partial charge is 0.330 e. The zero-order chi connectivity index (χ0) is 16.8. The van der Waals surface area contributed by atoms with E-state index in [0.29, 0.717) is 0 Å². The van der Waals surface area contributed by atoms with E-state index < -0.39 is 4.92 Å². The highest BCUT2D eigenvalue weighted by atomic mass is 16.6. The Labute approximate surface area is 134 Å². The molecule has 23 heavy (non-hydrogen) atoms. The van der Waals surface area contributed by atoms with E-state index in [0.717, 1.165) is 5.56 Å². The zero-order valence-corrected chi connectivity index (χ0v) is 13.1. The van der Waals surface area contributed by atoms with Crippen LogP contribution in [-0.4, -0.2) is 16.9 Å². The lowest BCUT2D eigenvalue weighted by molar-refractivity contribution is -0.709. The van der Waals surface area contributed by atoms with Crippen molar-refractivity contribution in [2.24, 2.45) is 0 Å². The summed E-state index contributed by atoms with van der Waals surface area (Å²) in [5, 5.41) is 15.5. The summed E-state index contributed by atoms with van der Waals surface area (Å²) in [5.41, 5.74) is 1.23. The van der Waals surface area contributed by atoms with Gasteiger partial charge in [0.2, 0.25) is 0 Å². The van der Waals surface area contributed by atoms with E-state index in [1.165, 1.54) is 12.1 Å². The predicted octanol–water partition coefficient (Wildman–Crippen LogP) is 2.25. The molecule has 2 rings (SSSR count). The number of hydrogen-bond acceptors (Lipinski definition) is 3. The van der Waals surface area contributed by atoms with Crippen molar-refractivity contribution in [3.63, 3.8) is 0 Å². The first kappa shape index (κ1) is 16.6. The maximum absolute atomic E-state index is 12.3. The van der Waals surface area contributed by atoms with Gasteiger partial charge in [0.15, 0.2) is 6.04 Å². The van der Waals surface area contributed by atoms with Crippen LogP contribution in [0.3, 0.4) is 0 Å². The number of quaternary nitrogens is 1. The van der Waals surface area contributed by atoms with Gasteiger partial charge in [0.25, 0.3) is 11.6 Å². The summed E-state index contributed by atoms with van der Waals surface area (Å²) < 4.78 is 0. The summed E-state index contributed by atoms with van der Waals surface area (Å²) in [5.74, 6) is -0.262. The highest BCUT2D eigenvalue weighted by Gasteiger charge is 2.23. The Kier molecular flexibility index (Phi) is 5.43. The SMILES string of the molecule is C[C@H]([NH2+][C@H](C)C(=O)Nc1ccccc1[N+](=O)[O-])c1ccccc1. The van der Waals surface area contributed by atoms with Gasteiger partial charge in [-0.15, -0.1) is 0 Å². The van der Waals surface area contributed by atoms with E-state index in [1.54, 1.807) is 19.1 Å². The highest BCUT2D eigenvalue weighted by Crippen LogP contribution is 2.23. The first-order valence-corrected chi connectivity index (χ1v) is 7.43. The Morgan fingerprint density at radius 1 is 1.09 bits per heavy atom. The average molecular weight is 314 g/mol. The second kappa shape index (κ2) is 7.51. The molecule has 0 unspecified atom stereocenters. The number of hydrogen-bond donors (Lipinski definition) is 2. The normalized spacial score (nSPS) is 13.1. The number of nitrogens with one attached hydrogen (secondary N) is 1. The van der Waals surface area contributed by atoms with Crippen LogP contribution < -0.4 is 10.6 Å². The van der Waals surface area contributed by atoms with Gasteiger partial charge >= 0.3 is 0 Å². The lowest BCUT2D eigenvalue weighted by Gasteiger charge is -2.16. The monoisotopic (exact) mass is 314 g/mol. The lowest BCUT2D eigenvalue weighted by atomic mass is 10.1. The molecule has 0 saturated carbocycles. The quantitative estimate of drug-likeness (QED) is 0.633. The van der Waals surface area contributed by atoms with Crippen LogP contribution in [0.1, 0.15) is 25.5 Å². The summed E-state index contributed by atoms with van der Waals surface area (Å²) >= 11 is 0. The summed E-state index contributed by atoms with van der Waals surface area (Å²) in [6.07, 6.45) is 0. The lowest BCUT2D eigenvalue weighted by Crippen LogP contribution is -2.91. The number of para-hydroxylation sites is 2. The molecule has 1 amide bonds. The molecule has 6 nitrogen and oxygen atoms in total. The third-order valence-corrected chi connectivity index (χ3v) is 3.67. The Morgan fingerprint density at radius 2 is 1.70 bits per heavy atom. The zero-order valence-electron chi connectivity index (χ0n) is 13.1. The first-order valence-electron chi connectivity index (χ1n) is 7.43. The second-order valence-electron chi connectivity index (χ2n) is 5.44. The average Bonchev–Trinajstić information content (AvgIpc) is 2.55. The molecule has 0 aromatic heterocycles. The fraction of sp³-hybridized carbons (Fsp3) is 0.235. The number of rotatable bonds is 6. The van der Waals surface area contributed by atoms with Gasteiger partial charge in [-0.1, -0.05) is 42.5 Å². The van der Waals surface area contributed by atoms with Gasteiger partial charge in [-0.3, -0.25) is 14.9 Å². The second-order valence-corrected chi connectivity index (χ2v) is 5.44. The topological polar surface area (TPSA) is 88.8 Å². The van der Waals surface area contributed by atoms with Crippen molar-refractivity contribution in [3.8, 4) is 0 Å². The highest BCUT2D eigenvalue weighted by molar-refractivity contribution is 5.95. The van der Waals surface area contributed by atoms with E-state index in [2.05, 4.69) is 5.32 Å². The van der Waals surface area contributed by atoms with Crippen molar-refractivity contribution in [2.75, 3.05) is 5.32 Å². The van der Waals surface area contributed by atoms with Crippen LogP contribution in [0.15, 0.2) is 54.6 Å². The Balaban J connectivity index is 2.02. The molecule has 0 fully saturated rings. The standard InChI is InChI=1S/C17H19N3O3/c1-12(14-8-4-3-5-9-14)18-13(2)17(21)19-15-10-6-7-11-16(15)20(22)23/h3-13,18H,1-2H3,(H,19,21)/p+1/t12-,13+/m0/s1. The maximum atomic E-state index is 12.3. The molecular weight excluding hydrogens is 294 g/mol. The van der Waals surface area contributed by atoms with Crippen LogP contribution >= 0.6 is 0 Å². The summed E-state index contributed by atoms with van der Waals surface area (Å²) in [4.78, 5) is 22.8. The summed E-state index contributed by atoms with van der Waals surface area (Å²) in [6, 6.07) is 15.7. The predicted molar refractivity (Wildman–Crippen MR) is 88.0 cm³/mol. The van der Waals surface area contributed by atoms with Crippen molar-refractivity contribution >= 4 is 17.3 Å². The van der Waals surface area contributed by atoms with Crippen LogP contribution in [0.5, 0.6) is 0 Å². The number of anilines is 1. The fourth-order valence-corrected chi connectivity index (χ4v) is 2.37. The van der Waals surface area contributed by atoms with Gasteiger partial charge in [0.1, 0.15) is 11.7 Å². The molecule has 2 aromatic rings. The number of nitrogens with zero attached hydrogens (tertiary/aromatic N) is 1. The van der Waals surface area contributed by atoms with Crippen molar-refractivity contribution < 1.29 is 15.0 Å². The van der Waals surface area contributed by atoms with Crippen molar-refractivity contribution in [1.29, 1.82) is 0 Å².